The van der Waals surface area contributed by atoms with Gasteiger partial charge in [-0.2, -0.15) is 0 Å². The van der Waals surface area contributed by atoms with Gasteiger partial charge in [-0.15, -0.1) is 0 Å². The summed E-state index contributed by atoms with van der Waals surface area (Å²) in [7, 11) is -3.36. The number of benzene rings is 1. The zero-order valence-corrected chi connectivity index (χ0v) is 15.2. The van der Waals surface area contributed by atoms with E-state index in [0.717, 1.165) is 24.4 Å². The molecule has 1 atom stereocenters. The van der Waals surface area contributed by atoms with E-state index < -0.39 is 9.84 Å². The summed E-state index contributed by atoms with van der Waals surface area (Å²) in [4.78, 5) is 0.281. The van der Waals surface area contributed by atoms with E-state index in [1.165, 1.54) is 12.8 Å². The number of hydrogen-bond donors (Lipinski definition) is 2. The second-order valence-electron chi connectivity index (χ2n) is 7.78. The second-order valence-corrected chi connectivity index (χ2v) is 9.89. The van der Waals surface area contributed by atoms with Gasteiger partial charge >= 0.3 is 0 Å². The van der Waals surface area contributed by atoms with Crippen molar-refractivity contribution >= 4 is 9.84 Å². The average Bonchev–Trinajstić information content (AvgIpc) is 3.27. The van der Waals surface area contributed by atoms with Gasteiger partial charge in [0.05, 0.1) is 17.3 Å². The van der Waals surface area contributed by atoms with Gasteiger partial charge < -0.3 is 10.4 Å². The van der Waals surface area contributed by atoms with Crippen LogP contribution in [0.25, 0.3) is 0 Å². The van der Waals surface area contributed by atoms with Crippen molar-refractivity contribution < 1.29 is 13.5 Å². The van der Waals surface area contributed by atoms with E-state index in [1.54, 1.807) is 12.1 Å². The molecule has 4 nitrogen and oxygen atoms in total. The first-order chi connectivity index (χ1) is 10.7. The van der Waals surface area contributed by atoms with Gasteiger partial charge in [-0.25, -0.2) is 8.42 Å². The van der Waals surface area contributed by atoms with Gasteiger partial charge in [-0.3, -0.25) is 0 Å². The van der Waals surface area contributed by atoms with E-state index in [9.17, 15) is 8.42 Å². The van der Waals surface area contributed by atoms with Crippen molar-refractivity contribution in [3.05, 3.63) is 29.8 Å². The van der Waals surface area contributed by atoms with E-state index in [4.69, 9.17) is 5.11 Å². The van der Waals surface area contributed by atoms with E-state index in [0.29, 0.717) is 11.5 Å². The minimum absolute atomic E-state index is 0.222. The molecule has 0 amide bonds. The third-order valence-corrected chi connectivity index (χ3v) is 5.94. The first kappa shape index (κ1) is 18.4. The maximum absolute atomic E-state index is 11.9. The first-order valence-electron chi connectivity index (χ1n) is 8.37. The smallest absolute Gasteiger partial charge is 0.180 e. The lowest BCUT2D eigenvalue weighted by atomic mass is 9.86. The summed E-state index contributed by atoms with van der Waals surface area (Å²) in [6.45, 7) is 7.22. The van der Waals surface area contributed by atoms with Crippen LogP contribution in [0.1, 0.15) is 45.6 Å². The maximum Gasteiger partial charge on any atom is 0.180 e. The van der Waals surface area contributed by atoms with Gasteiger partial charge in [0.1, 0.15) is 0 Å². The van der Waals surface area contributed by atoms with Crippen molar-refractivity contribution in [2.45, 2.75) is 57.5 Å². The fraction of sp³-hybridized carbons (Fsp3) is 0.667. The molecule has 0 saturated heterocycles. The molecule has 1 aliphatic rings. The molecule has 1 aromatic rings. The summed E-state index contributed by atoms with van der Waals surface area (Å²) < 4.78 is 23.8. The second kappa shape index (κ2) is 7.32. The van der Waals surface area contributed by atoms with E-state index in [1.807, 2.05) is 12.1 Å². The Kier molecular flexibility index (Phi) is 5.87. The number of aliphatic hydroxyl groups excluding tert-OH is 1. The van der Waals surface area contributed by atoms with Crippen LogP contribution in [0, 0.1) is 11.3 Å². The quantitative estimate of drug-likeness (QED) is 0.764. The number of nitrogens with one attached hydrogen (secondary N) is 1. The fourth-order valence-electron chi connectivity index (χ4n) is 2.87. The van der Waals surface area contributed by atoms with Gasteiger partial charge in [0, 0.05) is 12.6 Å². The summed E-state index contributed by atoms with van der Waals surface area (Å²) in [5, 5.41) is 12.5. The Morgan fingerprint density at radius 1 is 1.22 bits per heavy atom. The Balaban J connectivity index is 1.95. The van der Waals surface area contributed by atoms with Crippen LogP contribution in [0.3, 0.4) is 0 Å². The van der Waals surface area contributed by atoms with Crippen molar-refractivity contribution in [2.75, 3.05) is 12.4 Å². The Bertz CT molecular complexity index is 598. The molecule has 23 heavy (non-hydrogen) atoms. The molecular formula is C18H29NO3S. The van der Waals surface area contributed by atoms with Crippen LogP contribution in [-0.2, 0) is 16.4 Å². The standard InChI is InChI=1S/C18H29NO3S/c1-18(2,3)12-17(15-6-7-15)19-13-14-4-8-16(9-5-14)23(21,22)11-10-20/h4-5,8-9,15,17,19-20H,6-7,10-13H2,1-3H3. The molecule has 1 aliphatic carbocycles. The molecule has 1 fully saturated rings. The first-order valence-corrected chi connectivity index (χ1v) is 10.0. The Labute approximate surface area is 140 Å². The monoisotopic (exact) mass is 339 g/mol. The van der Waals surface area contributed by atoms with Crippen LogP contribution in [0.15, 0.2) is 29.2 Å². The zero-order valence-electron chi connectivity index (χ0n) is 14.4. The molecule has 0 heterocycles. The summed E-state index contributed by atoms with van der Waals surface area (Å²) in [6, 6.07) is 7.53. The molecule has 130 valence electrons. The molecule has 2 rings (SSSR count). The molecule has 5 heteroatoms. The molecule has 0 aromatic heterocycles. The lowest BCUT2D eigenvalue weighted by Gasteiger charge is -2.27. The van der Waals surface area contributed by atoms with E-state index >= 15 is 0 Å². The molecule has 1 aromatic carbocycles. The Morgan fingerprint density at radius 3 is 2.30 bits per heavy atom. The number of hydrogen-bond acceptors (Lipinski definition) is 4. The topological polar surface area (TPSA) is 66.4 Å². The minimum Gasteiger partial charge on any atom is -0.395 e. The SMILES string of the molecule is CC(C)(C)CC(NCc1ccc(S(=O)(=O)CCO)cc1)C1CC1. The highest BCUT2D eigenvalue weighted by Crippen LogP contribution is 2.37. The van der Waals surface area contributed by atoms with Crippen molar-refractivity contribution in [3.8, 4) is 0 Å². The van der Waals surface area contributed by atoms with Crippen molar-refractivity contribution in [1.82, 2.24) is 5.32 Å². The van der Waals surface area contributed by atoms with Crippen molar-refractivity contribution in [3.63, 3.8) is 0 Å². The molecule has 2 N–H and O–H groups in total. The molecule has 1 saturated carbocycles. The van der Waals surface area contributed by atoms with Gasteiger partial charge in [0.15, 0.2) is 9.84 Å². The minimum atomic E-state index is -3.36. The third-order valence-electron chi connectivity index (χ3n) is 4.23. The lowest BCUT2D eigenvalue weighted by molar-refractivity contribution is 0.287. The Hall–Kier alpha value is -0.910. The van der Waals surface area contributed by atoms with Crippen LogP contribution in [0.2, 0.25) is 0 Å². The molecule has 1 unspecified atom stereocenters. The molecule has 0 aliphatic heterocycles. The van der Waals surface area contributed by atoms with Crippen molar-refractivity contribution in [1.29, 1.82) is 0 Å². The molecule has 0 spiro atoms. The van der Waals surface area contributed by atoms with Gasteiger partial charge in [-0.05, 0) is 48.3 Å². The lowest BCUT2D eigenvalue weighted by Crippen LogP contribution is -2.34. The highest BCUT2D eigenvalue weighted by atomic mass is 32.2. The summed E-state index contributed by atoms with van der Waals surface area (Å²) >= 11 is 0. The molecule has 0 bridgehead atoms. The largest absolute Gasteiger partial charge is 0.395 e. The number of sulfone groups is 1. The molecule has 0 radical (unpaired) electrons. The van der Waals surface area contributed by atoms with Crippen LogP contribution in [-0.4, -0.2) is 31.9 Å². The number of rotatable bonds is 8. The summed E-state index contributed by atoms with van der Waals surface area (Å²) in [6.07, 6.45) is 3.78. The Morgan fingerprint density at radius 2 is 1.83 bits per heavy atom. The van der Waals surface area contributed by atoms with Crippen LogP contribution in [0.4, 0.5) is 0 Å². The predicted octanol–water partition coefficient (Wildman–Crippen LogP) is 2.76. The van der Waals surface area contributed by atoms with Gasteiger partial charge in [0.25, 0.3) is 0 Å². The van der Waals surface area contributed by atoms with Crippen molar-refractivity contribution in [2.24, 2.45) is 11.3 Å². The number of aliphatic hydroxyl groups is 1. The van der Waals surface area contributed by atoms with Crippen LogP contribution in [0.5, 0.6) is 0 Å². The van der Waals surface area contributed by atoms with E-state index in [2.05, 4.69) is 26.1 Å². The summed E-state index contributed by atoms with van der Waals surface area (Å²) in [5.74, 6) is 0.568. The van der Waals surface area contributed by atoms with Gasteiger partial charge in [-0.1, -0.05) is 32.9 Å². The highest BCUT2D eigenvalue weighted by molar-refractivity contribution is 7.91. The van der Waals surface area contributed by atoms with Gasteiger partial charge in [0.2, 0.25) is 0 Å². The van der Waals surface area contributed by atoms with Crippen LogP contribution >= 0.6 is 0 Å². The normalized spacial score (nSPS) is 17.2. The van der Waals surface area contributed by atoms with E-state index in [-0.39, 0.29) is 17.3 Å². The third kappa shape index (κ3) is 5.90. The maximum atomic E-state index is 11.9. The average molecular weight is 340 g/mol. The predicted molar refractivity (Wildman–Crippen MR) is 93.0 cm³/mol. The van der Waals surface area contributed by atoms with Crippen LogP contribution < -0.4 is 5.32 Å². The fourth-order valence-corrected chi connectivity index (χ4v) is 3.89. The zero-order chi connectivity index (χ0) is 17.1. The molecular weight excluding hydrogens is 310 g/mol. The summed E-state index contributed by atoms with van der Waals surface area (Å²) in [5.41, 5.74) is 1.40. The highest BCUT2D eigenvalue weighted by Gasteiger charge is 2.33.